The minimum absolute atomic E-state index is 0.0940. The SMILES string of the molecule is COc1cc(O)c(CC2CCNCC2)cc1F. The molecule has 1 heterocycles. The molecule has 2 rings (SSSR count). The van der Waals surface area contributed by atoms with Gasteiger partial charge in [-0.25, -0.2) is 4.39 Å². The molecule has 0 atom stereocenters. The fourth-order valence-electron chi connectivity index (χ4n) is 2.30. The molecular weight excluding hydrogens is 221 g/mol. The Morgan fingerprint density at radius 3 is 2.76 bits per heavy atom. The van der Waals surface area contributed by atoms with E-state index in [4.69, 9.17) is 4.74 Å². The number of phenols is 1. The van der Waals surface area contributed by atoms with Crippen molar-refractivity contribution in [3.63, 3.8) is 0 Å². The van der Waals surface area contributed by atoms with E-state index in [9.17, 15) is 9.50 Å². The third-order valence-corrected chi connectivity index (χ3v) is 3.32. The van der Waals surface area contributed by atoms with Gasteiger partial charge >= 0.3 is 0 Å². The summed E-state index contributed by atoms with van der Waals surface area (Å²) in [6.45, 7) is 2.01. The summed E-state index contributed by atoms with van der Waals surface area (Å²) >= 11 is 0. The molecule has 0 amide bonds. The summed E-state index contributed by atoms with van der Waals surface area (Å²) in [6, 6.07) is 2.74. The minimum Gasteiger partial charge on any atom is -0.508 e. The Hall–Kier alpha value is -1.29. The molecule has 1 aromatic rings. The van der Waals surface area contributed by atoms with E-state index in [1.54, 1.807) is 0 Å². The first kappa shape index (κ1) is 12.2. The van der Waals surface area contributed by atoms with Crippen molar-refractivity contribution in [1.82, 2.24) is 5.32 Å². The first-order valence-electron chi connectivity index (χ1n) is 5.97. The van der Waals surface area contributed by atoms with Gasteiger partial charge in [0.05, 0.1) is 7.11 Å². The van der Waals surface area contributed by atoms with Crippen molar-refractivity contribution >= 4 is 0 Å². The van der Waals surface area contributed by atoms with E-state index >= 15 is 0 Å². The fraction of sp³-hybridized carbons (Fsp3) is 0.538. The predicted octanol–water partition coefficient (Wildman–Crippen LogP) is 2.08. The summed E-state index contributed by atoms with van der Waals surface area (Å²) in [5.74, 6) is 0.336. The van der Waals surface area contributed by atoms with Gasteiger partial charge in [-0.05, 0) is 49.9 Å². The van der Waals surface area contributed by atoms with Crippen LogP contribution < -0.4 is 10.1 Å². The molecule has 0 radical (unpaired) electrons. The summed E-state index contributed by atoms with van der Waals surface area (Å²) < 4.78 is 18.4. The van der Waals surface area contributed by atoms with Gasteiger partial charge in [0.2, 0.25) is 0 Å². The second-order valence-electron chi connectivity index (χ2n) is 4.51. The average molecular weight is 239 g/mol. The highest BCUT2D eigenvalue weighted by molar-refractivity contribution is 5.41. The number of hydrogen-bond acceptors (Lipinski definition) is 3. The maximum atomic E-state index is 13.5. The van der Waals surface area contributed by atoms with Crippen molar-refractivity contribution < 1.29 is 14.2 Å². The number of hydrogen-bond donors (Lipinski definition) is 2. The highest BCUT2D eigenvalue weighted by Gasteiger charge is 2.17. The number of ether oxygens (including phenoxy) is 1. The van der Waals surface area contributed by atoms with E-state index in [0.29, 0.717) is 11.5 Å². The van der Waals surface area contributed by atoms with Gasteiger partial charge < -0.3 is 15.2 Å². The van der Waals surface area contributed by atoms with Crippen molar-refractivity contribution in [1.29, 1.82) is 0 Å². The lowest BCUT2D eigenvalue weighted by Gasteiger charge is -2.23. The van der Waals surface area contributed by atoms with Crippen LogP contribution in [-0.4, -0.2) is 25.3 Å². The van der Waals surface area contributed by atoms with Crippen LogP contribution in [0.5, 0.6) is 11.5 Å². The normalized spacial score (nSPS) is 17.1. The van der Waals surface area contributed by atoms with E-state index in [2.05, 4.69) is 5.32 Å². The summed E-state index contributed by atoms with van der Waals surface area (Å²) in [4.78, 5) is 0. The summed E-state index contributed by atoms with van der Waals surface area (Å²) in [5, 5.41) is 13.1. The van der Waals surface area contributed by atoms with Crippen LogP contribution in [0.25, 0.3) is 0 Å². The van der Waals surface area contributed by atoms with Crippen molar-refractivity contribution in [2.24, 2.45) is 5.92 Å². The number of nitrogens with one attached hydrogen (secondary N) is 1. The molecule has 0 spiro atoms. The number of halogens is 1. The molecule has 0 unspecified atom stereocenters. The van der Waals surface area contributed by atoms with E-state index in [0.717, 1.165) is 32.4 Å². The zero-order valence-corrected chi connectivity index (χ0v) is 10.0. The van der Waals surface area contributed by atoms with Crippen LogP contribution in [0.4, 0.5) is 4.39 Å². The van der Waals surface area contributed by atoms with Crippen LogP contribution in [0.3, 0.4) is 0 Å². The van der Waals surface area contributed by atoms with Gasteiger partial charge in [-0.1, -0.05) is 0 Å². The second kappa shape index (κ2) is 5.36. The van der Waals surface area contributed by atoms with Crippen molar-refractivity contribution in [3.05, 3.63) is 23.5 Å². The van der Waals surface area contributed by atoms with Crippen LogP contribution in [-0.2, 0) is 6.42 Å². The van der Waals surface area contributed by atoms with E-state index < -0.39 is 5.82 Å². The van der Waals surface area contributed by atoms with Crippen LogP contribution in [0.15, 0.2) is 12.1 Å². The third-order valence-electron chi connectivity index (χ3n) is 3.32. The number of rotatable bonds is 3. The molecule has 4 heteroatoms. The van der Waals surface area contributed by atoms with Gasteiger partial charge in [0.15, 0.2) is 11.6 Å². The minimum atomic E-state index is -0.408. The zero-order chi connectivity index (χ0) is 12.3. The summed E-state index contributed by atoms with van der Waals surface area (Å²) in [7, 11) is 1.39. The third kappa shape index (κ3) is 2.88. The molecule has 1 aromatic carbocycles. The quantitative estimate of drug-likeness (QED) is 0.848. The van der Waals surface area contributed by atoms with Gasteiger partial charge in [0, 0.05) is 6.07 Å². The van der Waals surface area contributed by atoms with E-state index in [-0.39, 0.29) is 11.5 Å². The molecule has 1 saturated heterocycles. The first-order valence-corrected chi connectivity index (χ1v) is 5.97. The number of piperidine rings is 1. The Morgan fingerprint density at radius 2 is 2.12 bits per heavy atom. The van der Waals surface area contributed by atoms with Gasteiger partial charge in [0.25, 0.3) is 0 Å². The Kier molecular flexibility index (Phi) is 3.84. The molecule has 1 fully saturated rings. The Morgan fingerprint density at radius 1 is 1.41 bits per heavy atom. The van der Waals surface area contributed by atoms with Crippen molar-refractivity contribution in [3.8, 4) is 11.5 Å². The number of phenolic OH excluding ortho intramolecular Hbond substituents is 1. The van der Waals surface area contributed by atoms with Crippen LogP contribution >= 0.6 is 0 Å². The largest absolute Gasteiger partial charge is 0.508 e. The summed E-state index contributed by atoms with van der Waals surface area (Å²) in [5.41, 5.74) is 0.676. The highest BCUT2D eigenvalue weighted by atomic mass is 19.1. The molecule has 0 aromatic heterocycles. The first-order chi connectivity index (χ1) is 8.20. The van der Waals surface area contributed by atoms with Gasteiger partial charge in [-0.3, -0.25) is 0 Å². The Balaban J connectivity index is 2.12. The van der Waals surface area contributed by atoms with Crippen LogP contribution in [0.2, 0.25) is 0 Å². The molecule has 94 valence electrons. The zero-order valence-electron chi connectivity index (χ0n) is 10.0. The lowest BCUT2D eigenvalue weighted by atomic mass is 9.90. The lowest BCUT2D eigenvalue weighted by Crippen LogP contribution is -2.28. The molecule has 17 heavy (non-hydrogen) atoms. The average Bonchev–Trinajstić information content (AvgIpc) is 2.34. The topological polar surface area (TPSA) is 41.5 Å². The molecule has 1 aliphatic rings. The molecule has 1 aliphatic heterocycles. The smallest absolute Gasteiger partial charge is 0.165 e. The molecule has 0 bridgehead atoms. The standard InChI is InChI=1S/C13H18FNO2/c1-17-13-8-12(16)10(7-11(13)14)6-9-2-4-15-5-3-9/h7-9,15-16H,2-6H2,1H3. The van der Waals surface area contributed by atoms with E-state index in [1.807, 2.05) is 0 Å². The Labute approximate surface area is 101 Å². The van der Waals surface area contributed by atoms with Gasteiger partial charge in [0.1, 0.15) is 5.75 Å². The van der Waals surface area contributed by atoms with Gasteiger partial charge in [-0.2, -0.15) is 0 Å². The molecule has 0 saturated carbocycles. The van der Waals surface area contributed by atoms with Gasteiger partial charge in [-0.15, -0.1) is 0 Å². The van der Waals surface area contributed by atoms with Crippen molar-refractivity contribution in [2.45, 2.75) is 19.3 Å². The van der Waals surface area contributed by atoms with Crippen LogP contribution in [0, 0.1) is 11.7 Å². The fourth-order valence-corrected chi connectivity index (χ4v) is 2.30. The monoisotopic (exact) mass is 239 g/mol. The summed E-state index contributed by atoms with van der Waals surface area (Å²) in [6.07, 6.45) is 2.88. The van der Waals surface area contributed by atoms with Crippen LogP contribution in [0.1, 0.15) is 18.4 Å². The molecule has 2 N–H and O–H groups in total. The highest BCUT2D eigenvalue weighted by Crippen LogP contribution is 2.30. The number of aromatic hydroxyl groups is 1. The predicted molar refractivity (Wildman–Crippen MR) is 63.9 cm³/mol. The molecule has 0 aliphatic carbocycles. The molecule has 3 nitrogen and oxygen atoms in total. The second-order valence-corrected chi connectivity index (χ2v) is 4.51. The Bertz CT molecular complexity index is 389. The lowest BCUT2D eigenvalue weighted by molar-refractivity contribution is 0.359. The number of benzene rings is 1. The number of methoxy groups -OCH3 is 1. The van der Waals surface area contributed by atoms with Crippen molar-refractivity contribution in [2.75, 3.05) is 20.2 Å². The van der Waals surface area contributed by atoms with E-state index in [1.165, 1.54) is 19.2 Å². The maximum absolute atomic E-state index is 13.5. The maximum Gasteiger partial charge on any atom is 0.165 e. The molecular formula is C13H18FNO2.